The highest BCUT2D eigenvalue weighted by atomic mass is 16.5. The zero-order chi connectivity index (χ0) is 25.5. The van der Waals surface area contributed by atoms with Crippen LogP contribution in [0.2, 0.25) is 0 Å². The van der Waals surface area contributed by atoms with Crippen LogP contribution in [0.4, 0.5) is 0 Å². The Morgan fingerprint density at radius 3 is 2.51 bits per heavy atom. The van der Waals surface area contributed by atoms with Crippen molar-refractivity contribution in [2.45, 2.75) is 6.54 Å². The summed E-state index contributed by atoms with van der Waals surface area (Å²) in [7, 11) is 3.16. The molecule has 1 amide bonds. The first-order chi connectivity index (χ1) is 18.1. The standard InChI is InChI=1S/C29H23N3O5/c1-35-18-8-7-17(25(14-18)36-2)15-31-26(33)16-37-19-9-10-24-23(13-19)21-11-12-30-27-20-5-3-4-6-22(20)29(34)32(24)28(21)27/h3-14H,15-16H2,1-2H3,(H,31,33). The lowest BCUT2D eigenvalue weighted by molar-refractivity contribution is -0.123. The Labute approximate surface area is 211 Å². The first-order valence-electron chi connectivity index (χ1n) is 11.8. The van der Waals surface area contributed by atoms with Crippen molar-refractivity contribution in [3.05, 3.63) is 88.8 Å². The summed E-state index contributed by atoms with van der Waals surface area (Å²) in [5, 5.41) is 6.07. The molecule has 0 radical (unpaired) electrons. The van der Waals surface area contributed by atoms with Crippen LogP contribution in [0.3, 0.4) is 0 Å². The first-order valence-corrected chi connectivity index (χ1v) is 11.8. The molecule has 3 aromatic heterocycles. The van der Waals surface area contributed by atoms with E-state index in [2.05, 4.69) is 10.3 Å². The van der Waals surface area contributed by atoms with Crippen LogP contribution in [0.1, 0.15) is 5.56 Å². The van der Waals surface area contributed by atoms with Crippen LogP contribution < -0.4 is 25.1 Å². The summed E-state index contributed by atoms with van der Waals surface area (Å²) in [6.07, 6.45) is 1.75. The number of hydrogen-bond acceptors (Lipinski definition) is 6. The molecule has 8 heteroatoms. The normalized spacial score (nSPS) is 11.4. The van der Waals surface area contributed by atoms with Gasteiger partial charge in [0.15, 0.2) is 6.61 Å². The van der Waals surface area contributed by atoms with Crippen molar-refractivity contribution < 1.29 is 19.0 Å². The predicted octanol–water partition coefficient (Wildman–Crippen LogP) is 4.30. The largest absolute Gasteiger partial charge is 0.497 e. The zero-order valence-electron chi connectivity index (χ0n) is 20.3. The fraction of sp³-hybridized carbons (Fsp3) is 0.138. The van der Waals surface area contributed by atoms with Gasteiger partial charge in [-0.3, -0.25) is 19.0 Å². The van der Waals surface area contributed by atoms with Crippen LogP contribution >= 0.6 is 0 Å². The van der Waals surface area contributed by atoms with Crippen LogP contribution in [0.5, 0.6) is 17.2 Å². The molecule has 184 valence electrons. The number of carbonyl (C=O) groups excluding carboxylic acids is 1. The van der Waals surface area contributed by atoms with Crippen LogP contribution in [0, 0.1) is 0 Å². The molecule has 0 saturated heterocycles. The maximum Gasteiger partial charge on any atom is 0.263 e. The Balaban J connectivity index is 1.27. The number of methoxy groups -OCH3 is 2. The Bertz CT molecular complexity index is 1860. The van der Waals surface area contributed by atoms with Crippen LogP contribution in [-0.4, -0.2) is 36.1 Å². The van der Waals surface area contributed by atoms with Crippen molar-refractivity contribution in [1.82, 2.24) is 14.7 Å². The highest BCUT2D eigenvalue weighted by Crippen LogP contribution is 2.34. The average molecular weight is 494 g/mol. The molecule has 0 unspecified atom stereocenters. The fourth-order valence-corrected chi connectivity index (χ4v) is 4.83. The Morgan fingerprint density at radius 2 is 1.70 bits per heavy atom. The summed E-state index contributed by atoms with van der Waals surface area (Å²) in [5.74, 6) is 1.57. The molecule has 8 nitrogen and oxygen atoms in total. The minimum Gasteiger partial charge on any atom is -0.497 e. The van der Waals surface area contributed by atoms with Gasteiger partial charge in [-0.2, -0.15) is 0 Å². The van der Waals surface area contributed by atoms with Crippen LogP contribution in [0.15, 0.2) is 77.7 Å². The minimum absolute atomic E-state index is 0.0851. The van der Waals surface area contributed by atoms with E-state index in [0.29, 0.717) is 29.2 Å². The van der Waals surface area contributed by atoms with Gasteiger partial charge in [0.1, 0.15) is 17.2 Å². The molecule has 0 aliphatic carbocycles. The van der Waals surface area contributed by atoms with Gasteiger partial charge in [-0.25, -0.2) is 0 Å². The molecular weight excluding hydrogens is 470 g/mol. The van der Waals surface area contributed by atoms with Crippen molar-refractivity contribution in [2.75, 3.05) is 20.8 Å². The maximum absolute atomic E-state index is 13.4. The number of amides is 1. The lowest BCUT2D eigenvalue weighted by Gasteiger charge is -2.12. The minimum atomic E-state index is -0.268. The Kier molecular flexibility index (Phi) is 5.49. The van der Waals surface area contributed by atoms with Gasteiger partial charge in [0.2, 0.25) is 0 Å². The summed E-state index contributed by atoms with van der Waals surface area (Å²) in [4.78, 5) is 30.5. The summed E-state index contributed by atoms with van der Waals surface area (Å²) < 4.78 is 18.1. The van der Waals surface area contributed by atoms with Crippen LogP contribution in [0.25, 0.3) is 38.1 Å². The van der Waals surface area contributed by atoms with Gasteiger partial charge in [0.05, 0.1) is 30.8 Å². The zero-order valence-corrected chi connectivity index (χ0v) is 20.3. The summed E-state index contributed by atoms with van der Waals surface area (Å²) in [6.45, 7) is 0.139. The molecular formula is C29H23N3O5. The van der Waals surface area contributed by atoms with Crippen molar-refractivity contribution in [3.63, 3.8) is 0 Å². The number of nitrogens with one attached hydrogen (secondary N) is 1. The molecule has 0 aliphatic heterocycles. The molecule has 37 heavy (non-hydrogen) atoms. The third kappa shape index (κ3) is 3.74. The molecule has 6 rings (SSSR count). The molecule has 0 aliphatic rings. The average Bonchev–Trinajstić information content (AvgIpc) is 3.28. The van der Waals surface area contributed by atoms with Crippen molar-refractivity contribution in [2.24, 2.45) is 0 Å². The Morgan fingerprint density at radius 1 is 0.892 bits per heavy atom. The number of nitrogens with zero attached hydrogens (tertiary/aromatic N) is 2. The van der Waals surface area contributed by atoms with Gasteiger partial charge in [-0.1, -0.05) is 18.2 Å². The van der Waals surface area contributed by atoms with Gasteiger partial charge >= 0.3 is 0 Å². The predicted molar refractivity (Wildman–Crippen MR) is 142 cm³/mol. The fourth-order valence-electron chi connectivity index (χ4n) is 4.83. The van der Waals surface area contributed by atoms with E-state index in [4.69, 9.17) is 14.2 Å². The lowest BCUT2D eigenvalue weighted by Crippen LogP contribution is -2.28. The van der Waals surface area contributed by atoms with E-state index in [-0.39, 0.29) is 18.1 Å². The second-order valence-corrected chi connectivity index (χ2v) is 8.66. The second-order valence-electron chi connectivity index (χ2n) is 8.66. The smallest absolute Gasteiger partial charge is 0.263 e. The summed E-state index contributed by atoms with van der Waals surface area (Å²) >= 11 is 0. The van der Waals surface area contributed by atoms with E-state index in [9.17, 15) is 9.59 Å². The van der Waals surface area contributed by atoms with E-state index in [1.54, 1.807) is 36.9 Å². The molecule has 3 aromatic carbocycles. The van der Waals surface area contributed by atoms with E-state index >= 15 is 0 Å². The summed E-state index contributed by atoms with van der Waals surface area (Å²) in [6, 6.07) is 20.3. The van der Waals surface area contributed by atoms with Gasteiger partial charge < -0.3 is 19.5 Å². The number of aromatic nitrogens is 2. The summed E-state index contributed by atoms with van der Waals surface area (Å²) in [5.41, 5.74) is 3.07. The molecule has 3 heterocycles. The van der Waals surface area contributed by atoms with Crippen molar-refractivity contribution in [1.29, 1.82) is 0 Å². The number of hydrogen-bond donors (Lipinski definition) is 1. The van der Waals surface area contributed by atoms with Gasteiger partial charge in [0.25, 0.3) is 11.5 Å². The third-order valence-corrected chi connectivity index (χ3v) is 6.60. The molecule has 0 spiro atoms. The molecule has 0 fully saturated rings. The maximum atomic E-state index is 13.4. The number of carbonyl (C=O) groups is 1. The van der Waals surface area contributed by atoms with E-state index in [0.717, 1.165) is 38.3 Å². The number of pyridine rings is 2. The molecule has 0 saturated carbocycles. The van der Waals surface area contributed by atoms with Gasteiger partial charge in [0, 0.05) is 45.9 Å². The van der Waals surface area contributed by atoms with E-state index < -0.39 is 0 Å². The topological polar surface area (TPSA) is 91.2 Å². The number of fused-ring (bicyclic) bond motifs is 5. The van der Waals surface area contributed by atoms with E-state index in [1.807, 2.05) is 54.6 Å². The van der Waals surface area contributed by atoms with Crippen molar-refractivity contribution in [3.8, 4) is 17.2 Å². The number of ether oxygens (including phenoxy) is 3. The first kappa shape index (κ1) is 22.6. The van der Waals surface area contributed by atoms with Gasteiger partial charge in [-0.15, -0.1) is 0 Å². The second kappa shape index (κ2) is 8.98. The molecule has 0 bridgehead atoms. The highest BCUT2D eigenvalue weighted by molar-refractivity contribution is 6.18. The van der Waals surface area contributed by atoms with Crippen LogP contribution in [-0.2, 0) is 11.3 Å². The number of benzene rings is 3. The van der Waals surface area contributed by atoms with Crippen molar-refractivity contribution >= 4 is 44.0 Å². The molecule has 1 N–H and O–H groups in total. The third-order valence-electron chi connectivity index (χ3n) is 6.60. The highest BCUT2D eigenvalue weighted by Gasteiger charge is 2.18. The van der Waals surface area contributed by atoms with E-state index in [1.165, 1.54) is 0 Å². The Hall–Kier alpha value is -4.85. The quantitative estimate of drug-likeness (QED) is 0.334. The lowest BCUT2D eigenvalue weighted by atomic mass is 10.1. The van der Waals surface area contributed by atoms with Gasteiger partial charge in [-0.05, 0) is 42.5 Å². The molecule has 0 atom stereocenters. The number of rotatable bonds is 7. The SMILES string of the molecule is COc1ccc(CNC(=O)COc2ccc3c(c2)c2ccnc4c5ccccc5c(=O)n3c24)c(OC)c1. The monoisotopic (exact) mass is 493 g/mol. The molecule has 6 aromatic rings.